The molecule has 18 heavy (non-hydrogen) atoms. The Morgan fingerprint density at radius 1 is 1.33 bits per heavy atom. The Morgan fingerprint density at radius 2 is 2.17 bits per heavy atom. The van der Waals surface area contributed by atoms with Gasteiger partial charge in [0.2, 0.25) is 5.95 Å². The van der Waals surface area contributed by atoms with Gasteiger partial charge in [-0.05, 0) is 46.6 Å². The molecule has 0 amide bonds. The number of aryl methyl sites for hydroxylation is 1. The lowest BCUT2D eigenvalue weighted by Gasteiger charge is -2.04. The van der Waals surface area contributed by atoms with Gasteiger partial charge in [-0.1, -0.05) is 12.1 Å². The summed E-state index contributed by atoms with van der Waals surface area (Å²) >= 11 is 5.20. The maximum absolute atomic E-state index is 6.02. The fourth-order valence-electron chi connectivity index (χ4n) is 2.06. The summed E-state index contributed by atoms with van der Waals surface area (Å²) in [5.74, 6) is 0.573. The van der Waals surface area contributed by atoms with Crippen LogP contribution in [0.5, 0.6) is 0 Å². The summed E-state index contributed by atoms with van der Waals surface area (Å²) in [7, 11) is 0. The molecule has 0 aliphatic rings. The first-order valence-electron chi connectivity index (χ1n) is 5.60. The van der Waals surface area contributed by atoms with E-state index in [0.29, 0.717) is 5.95 Å². The van der Waals surface area contributed by atoms with Crippen molar-refractivity contribution < 1.29 is 0 Å². The molecular weight excluding hydrogens is 310 g/mol. The third kappa shape index (κ3) is 1.93. The van der Waals surface area contributed by atoms with E-state index in [4.69, 9.17) is 5.73 Å². The van der Waals surface area contributed by atoms with E-state index < -0.39 is 0 Å². The van der Waals surface area contributed by atoms with E-state index >= 15 is 0 Å². The number of hydrogen-bond acceptors (Lipinski definition) is 3. The minimum Gasteiger partial charge on any atom is -0.369 e. The van der Waals surface area contributed by atoms with Crippen LogP contribution in [0.1, 0.15) is 10.4 Å². The number of para-hydroxylation sites is 1. The van der Waals surface area contributed by atoms with Crippen molar-refractivity contribution >= 4 is 44.2 Å². The first kappa shape index (κ1) is 11.7. The second kappa shape index (κ2) is 4.40. The maximum atomic E-state index is 6.02. The molecule has 0 unspecified atom stereocenters. The lowest BCUT2D eigenvalue weighted by molar-refractivity contribution is 0.853. The molecule has 3 rings (SSSR count). The van der Waals surface area contributed by atoms with Gasteiger partial charge in [0.1, 0.15) is 0 Å². The largest absolute Gasteiger partial charge is 0.369 e. The second-order valence-electron chi connectivity index (χ2n) is 4.20. The van der Waals surface area contributed by atoms with Gasteiger partial charge >= 0.3 is 0 Å². The summed E-state index contributed by atoms with van der Waals surface area (Å²) in [5, 5.41) is 0. The normalized spacial score (nSPS) is 11.2. The SMILES string of the molecule is Cc1cccc2c1nc(N)n2Cc1ccc(Br)s1. The van der Waals surface area contributed by atoms with Gasteiger partial charge in [-0.25, -0.2) is 4.98 Å². The molecule has 2 N–H and O–H groups in total. The molecule has 0 aliphatic heterocycles. The first-order valence-corrected chi connectivity index (χ1v) is 7.21. The summed E-state index contributed by atoms with van der Waals surface area (Å²) in [5.41, 5.74) is 9.27. The zero-order chi connectivity index (χ0) is 12.7. The number of nitrogen functional groups attached to an aromatic ring is 1. The highest BCUT2D eigenvalue weighted by molar-refractivity contribution is 9.11. The van der Waals surface area contributed by atoms with Crippen LogP contribution in [-0.2, 0) is 6.54 Å². The second-order valence-corrected chi connectivity index (χ2v) is 6.75. The van der Waals surface area contributed by atoms with Crippen LogP contribution in [-0.4, -0.2) is 9.55 Å². The van der Waals surface area contributed by atoms with E-state index in [9.17, 15) is 0 Å². The molecule has 3 nitrogen and oxygen atoms in total. The Labute approximate surface area is 117 Å². The number of benzene rings is 1. The van der Waals surface area contributed by atoms with Crippen molar-refractivity contribution in [2.24, 2.45) is 0 Å². The summed E-state index contributed by atoms with van der Waals surface area (Å²) in [6, 6.07) is 10.3. The minimum absolute atomic E-state index is 0.573. The quantitative estimate of drug-likeness (QED) is 0.780. The molecule has 3 aromatic rings. The van der Waals surface area contributed by atoms with Crippen molar-refractivity contribution in [1.29, 1.82) is 0 Å². The van der Waals surface area contributed by atoms with Gasteiger partial charge < -0.3 is 10.3 Å². The van der Waals surface area contributed by atoms with E-state index in [0.717, 1.165) is 26.9 Å². The third-order valence-corrected chi connectivity index (χ3v) is 4.56. The van der Waals surface area contributed by atoms with Crippen LogP contribution in [0, 0.1) is 6.92 Å². The van der Waals surface area contributed by atoms with Crippen molar-refractivity contribution in [2.45, 2.75) is 13.5 Å². The maximum Gasteiger partial charge on any atom is 0.201 e. The van der Waals surface area contributed by atoms with Crippen molar-refractivity contribution in [2.75, 3.05) is 5.73 Å². The number of nitrogens with two attached hydrogens (primary N) is 1. The number of imidazole rings is 1. The van der Waals surface area contributed by atoms with E-state index in [-0.39, 0.29) is 0 Å². The standard InChI is InChI=1S/C13H12BrN3S/c1-8-3-2-4-10-12(8)16-13(15)17(10)7-9-5-6-11(14)18-9/h2-6H,7H2,1H3,(H2,15,16). The zero-order valence-electron chi connectivity index (χ0n) is 9.85. The van der Waals surface area contributed by atoms with Crippen LogP contribution in [0.3, 0.4) is 0 Å². The molecule has 1 aromatic carbocycles. The number of fused-ring (bicyclic) bond motifs is 1. The van der Waals surface area contributed by atoms with Gasteiger partial charge in [0.05, 0.1) is 21.4 Å². The van der Waals surface area contributed by atoms with E-state index in [1.54, 1.807) is 11.3 Å². The predicted octanol–water partition coefficient (Wildman–Crippen LogP) is 3.80. The summed E-state index contributed by atoms with van der Waals surface area (Å²) in [4.78, 5) is 5.71. The Balaban J connectivity index is 2.11. The van der Waals surface area contributed by atoms with Gasteiger partial charge in [-0.2, -0.15) is 0 Å². The smallest absolute Gasteiger partial charge is 0.201 e. The highest BCUT2D eigenvalue weighted by Gasteiger charge is 2.10. The number of halogens is 1. The van der Waals surface area contributed by atoms with Crippen LogP contribution < -0.4 is 5.73 Å². The molecule has 0 aliphatic carbocycles. The third-order valence-electron chi connectivity index (χ3n) is 2.95. The zero-order valence-corrected chi connectivity index (χ0v) is 12.3. The molecule has 2 heterocycles. The monoisotopic (exact) mass is 321 g/mol. The molecule has 0 spiro atoms. The number of nitrogens with zero attached hydrogens (tertiary/aromatic N) is 2. The van der Waals surface area contributed by atoms with Crippen molar-refractivity contribution in [3.63, 3.8) is 0 Å². The predicted molar refractivity (Wildman–Crippen MR) is 80.0 cm³/mol. The number of anilines is 1. The molecule has 92 valence electrons. The van der Waals surface area contributed by atoms with Crippen molar-refractivity contribution in [3.8, 4) is 0 Å². The van der Waals surface area contributed by atoms with Crippen LogP contribution >= 0.6 is 27.3 Å². The molecular formula is C13H12BrN3S. The van der Waals surface area contributed by atoms with Gasteiger partial charge in [0.15, 0.2) is 0 Å². The van der Waals surface area contributed by atoms with Gasteiger partial charge in [-0.3, -0.25) is 0 Å². The number of rotatable bonds is 2. The summed E-state index contributed by atoms with van der Waals surface area (Å²) < 4.78 is 3.19. The highest BCUT2D eigenvalue weighted by atomic mass is 79.9. The minimum atomic E-state index is 0.573. The Bertz CT molecular complexity index is 714. The molecule has 0 bridgehead atoms. The number of thiophene rings is 1. The topological polar surface area (TPSA) is 43.8 Å². The van der Waals surface area contributed by atoms with Crippen molar-refractivity contribution in [1.82, 2.24) is 9.55 Å². The van der Waals surface area contributed by atoms with Crippen LogP contribution in [0.15, 0.2) is 34.1 Å². The van der Waals surface area contributed by atoms with Crippen LogP contribution in [0.25, 0.3) is 11.0 Å². The molecule has 0 saturated carbocycles. The summed E-state index contributed by atoms with van der Waals surface area (Å²) in [6.45, 7) is 2.82. The van der Waals surface area contributed by atoms with Crippen molar-refractivity contribution in [3.05, 3.63) is 44.6 Å². The van der Waals surface area contributed by atoms with Gasteiger partial charge in [-0.15, -0.1) is 11.3 Å². The Hall–Kier alpha value is -1.33. The molecule has 5 heteroatoms. The summed E-state index contributed by atoms with van der Waals surface area (Å²) in [6.07, 6.45) is 0. The molecule has 0 radical (unpaired) electrons. The molecule has 2 aromatic heterocycles. The fourth-order valence-corrected chi connectivity index (χ4v) is 3.54. The number of hydrogen-bond donors (Lipinski definition) is 1. The lowest BCUT2D eigenvalue weighted by Crippen LogP contribution is -2.03. The molecule has 0 atom stereocenters. The first-order chi connectivity index (χ1) is 8.65. The average Bonchev–Trinajstić information content (AvgIpc) is 2.87. The molecule has 0 fully saturated rings. The number of aromatic nitrogens is 2. The van der Waals surface area contributed by atoms with Gasteiger partial charge in [0.25, 0.3) is 0 Å². The van der Waals surface area contributed by atoms with Gasteiger partial charge in [0, 0.05) is 4.88 Å². The van der Waals surface area contributed by atoms with E-state index in [2.05, 4.69) is 56.7 Å². The Kier molecular flexibility index (Phi) is 2.87. The molecule has 0 saturated heterocycles. The average molecular weight is 322 g/mol. The van der Waals surface area contributed by atoms with E-state index in [1.165, 1.54) is 4.88 Å². The lowest BCUT2D eigenvalue weighted by atomic mass is 10.2. The van der Waals surface area contributed by atoms with Crippen LogP contribution in [0.4, 0.5) is 5.95 Å². The Morgan fingerprint density at radius 3 is 2.89 bits per heavy atom. The highest BCUT2D eigenvalue weighted by Crippen LogP contribution is 2.26. The van der Waals surface area contributed by atoms with Crippen LogP contribution in [0.2, 0.25) is 0 Å². The van der Waals surface area contributed by atoms with E-state index in [1.807, 2.05) is 6.07 Å². The fraction of sp³-hybridized carbons (Fsp3) is 0.154.